The summed E-state index contributed by atoms with van der Waals surface area (Å²) in [6, 6.07) is 7.66. The minimum atomic E-state index is -0.769. The topological polar surface area (TPSA) is 73.3 Å². The van der Waals surface area contributed by atoms with Crippen molar-refractivity contribution in [1.82, 2.24) is 10.2 Å². The predicted octanol–water partition coefficient (Wildman–Crippen LogP) is 3.11. The zero-order chi connectivity index (χ0) is 16.3. The number of carbonyl (C=O) groups is 1. The molecule has 122 valence electrons. The molecule has 1 aliphatic heterocycles. The molecule has 0 bridgehead atoms. The average Bonchev–Trinajstić information content (AvgIpc) is 3.18. The van der Waals surface area contributed by atoms with Crippen molar-refractivity contribution in [2.24, 2.45) is 0 Å². The van der Waals surface area contributed by atoms with Gasteiger partial charge in [-0.15, -0.1) is 10.2 Å². The van der Waals surface area contributed by atoms with Gasteiger partial charge in [0.05, 0.1) is 12.2 Å². The molecule has 0 radical (unpaired) electrons. The van der Waals surface area contributed by atoms with E-state index < -0.39 is 5.60 Å². The Kier molecular flexibility index (Phi) is 4.58. The SMILES string of the molecule is CCOc1ccccc1-c1nnc(NC(=O)[C@@]2(C)CCCO2)s1. The first kappa shape index (κ1) is 15.9. The van der Waals surface area contributed by atoms with Gasteiger partial charge in [0.15, 0.2) is 5.01 Å². The van der Waals surface area contributed by atoms with Crippen molar-refractivity contribution in [3.8, 4) is 16.3 Å². The smallest absolute Gasteiger partial charge is 0.258 e. The van der Waals surface area contributed by atoms with Crippen LogP contribution in [0.5, 0.6) is 5.75 Å². The number of ether oxygens (including phenoxy) is 2. The summed E-state index contributed by atoms with van der Waals surface area (Å²) in [7, 11) is 0. The number of para-hydroxylation sites is 1. The molecule has 1 aliphatic rings. The summed E-state index contributed by atoms with van der Waals surface area (Å²) in [5.41, 5.74) is 0.102. The highest BCUT2D eigenvalue weighted by molar-refractivity contribution is 7.18. The Bertz CT molecular complexity index is 695. The Hall–Kier alpha value is -1.99. The zero-order valence-electron chi connectivity index (χ0n) is 13.2. The molecule has 1 N–H and O–H groups in total. The molecule has 6 nitrogen and oxygen atoms in total. The maximum absolute atomic E-state index is 12.3. The van der Waals surface area contributed by atoms with E-state index >= 15 is 0 Å². The quantitative estimate of drug-likeness (QED) is 0.910. The van der Waals surface area contributed by atoms with Gasteiger partial charge in [-0.1, -0.05) is 23.5 Å². The van der Waals surface area contributed by atoms with Gasteiger partial charge in [0.2, 0.25) is 5.13 Å². The van der Waals surface area contributed by atoms with Crippen LogP contribution in [0.3, 0.4) is 0 Å². The van der Waals surface area contributed by atoms with E-state index in [0.717, 1.165) is 24.2 Å². The van der Waals surface area contributed by atoms with Gasteiger partial charge < -0.3 is 9.47 Å². The first-order chi connectivity index (χ1) is 11.1. The summed E-state index contributed by atoms with van der Waals surface area (Å²) in [5.74, 6) is 0.589. The number of aromatic nitrogens is 2. The highest BCUT2D eigenvalue weighted by Gasteiger charge is 2.38. The minimum Gasteiger partial charge on any atom is -0.493 e. The Morgan fingerprint density at radius 3 is 3.00 bits per heavy atom. The van der Waals surface area contributed by atoms with Crippen LogP contribution in [0.4, 0.5) is 5.13 Å². The third-order valence-corrected chi connectivity index (χ3v) is 4.63. The van der Waals surface area contributed by atoms with Crippen molar-refractivity contribution >= 4 is 22.4 Å². The summed E-state index contributed by atoms with van der Waals surface area (Å²) in [4.78, 5) is 12.3. The number of hydrogen-bond donors (Lipinski definition) is 1. The van der Waals surface area contributed by atoms with E-state index in [9.17, 15) is 4.79 Å². The summed E-state index contributed by atoms with van der Waals surface area (Å²) in [5, 5.41) is 12.2. The molecule has 7 heteroatoms. The van der Waals surface area contributed by atoms with Crippen LogP contribution in [-0.4, -0.2) is 34.9 Å². The Morgan fingerprint density at radius 1 is 1.43 bits per heavy atom. The van der Waals surface area contributed by atoms with Crippen molar-refractivity contribution in [3.05, 3.63) is 24.3 Å². The zero-order valence-corrected chi connectivity index (χ0v) is 14.0. The van der Waals surface area contributed by atoms with Gasteiger partial charge in [-0.25, -0.2) is 0 Å². The third kappa shape index (κ3) is 3.35. The van der Waals surface area contributed by atoms with Gasteiger partial charge in [-0.3, -0.25) is 10.1 Å². The van der Waals surface area contributed by atoms with Gasteiger partial charge in [0.1, 0.15) is 11.4 Å². The first-order valence-electron chi connectivity index (χ1n) is 7.63. The van der Waals surface area contributed by atoms with E-state index in [4.69, 9.17) is 9.47 Å². The van der Waals surface area contributed by atoms with E-state index in [2.05, 4.69) is 15.5 Å². The molecule has 23 heavy (non-hydrogen) atoms. The van der Waals surface area contributed by atoms with E-state index in [-0.39, 0.29) is 5.91 Å². The maximum atomic E-state index is 12.3. The Balaban J connectivity index is 1.77. The lowest BCUT2D eigenvalue weighted by Gasteiger charge is -2.20. The highest BCUT2D eigenvalue weighted by atomic mass is 32.1. The molecule has 1 amide bonds. The molecular formula is C16H19N3O3S. The van der Waals surface area contributed by atoms with Crippen LogP contribution >= 0.6 is 11.3 Å². The minimum absolute atomic E-state index is 0.171. The van der Waals surface area contributed by atoms with Crippen molar-refractivity contribution in [2.75, 3.05) is 18.5 Å². The van der Waals surface area contributed by atoms with E-state index in [1.165, 1.54) is 11.3 Å². The van der Waals surface area contributed by atoms with Crippen LogP contribution < -0.4 is 10.1 Å². The summed E-state index contributed by atoms with van der Waals surface area (Å²) < 4.78 is 11.2. The number of nitrogens with zero attached hydrogens (tertiary/aromatic N) is 2. The maximum Gasteiger partial charge on any atom is 0.258 e. The van der Waals surface area contributed by atoms with Crippen LogP contribution in [0.1, 0.15) is 26.7 Å². The van der Waals surface area contributed by atoms with Gasteiger partial charge in [0, 0.05) is 6.61 Å². The lowest BCUT2D eigenvalue weighted by molar-refractivity contribution is -0.133. The van der Waals surface area contributed by atoms with Gasteiger partial charge in [-0.05, 0) is 38.8 Å². The molecule has 1 aromatic heterocycles. The van der Waals surface area contributed by atoms with Crippen molar-refractivity contribution in [1.29, 1.82) is 0 Å². The fourth-order valence-electron chi connectivity index (χ4n) is 2.49. The molecule has 1 saturated heterocycles. The van der Waals surface area contributed by atoms with Crippen LogP contribution in [0.25, 0.3) is 10.6 Å². The van der Waals surface area contributed by atoms with Crippen LogP contribution in [0, 0.1) is 0 Å². The van der Waals surface area contributed by atoms with Crippen molar-refractivity contribution in [2.45, 2.75) is 32.3 Å². The Labute approximate surface area is 138 Å². The van der Waals surface area contributed by atoms with Gasteiger partial charge in [-0.2, -0.15) is 0 Å². The summed E-state index contributed by atoms with van der Waals surface area (Å²) >= 11 is 1.32. The number of nitrogens with one attached hydrogen (secondary N) is 1. The van der Waals surface area contributed by atoms with Crippen molar-refractivity contribution in [3.63, 3.8) is 0 Å². The molecule has 0 saturated carbocycles. The first-order valence-corrected chi connectivity index (χ1v) is 8.45. The lowest BCUT2D eigenvalue weighted by Crippen LogP contribution is -2.39. The molecule has 0 aliphatic carbocycles. The summed E-state index contributed by atoms with van der Waals surface area (Å²) in [6.45, 7) is 4.94. The van der Waals surface area contributed by atoms with E-state index in [1.807, 2.05) is 38.1 Å². The molecule has 2 heterocycles. The molecule has 0 spiro atoms. The van der Waals surface area contributed by atoms with Crippen LogP contribution in [-0.2, 0) is 9.53 Å². The molecule has 3 rings (SSSR count). The van der Waals surface area contributed by atoms with E-state index in [0.29, 0.717) is 23.4 Å². The number of anilines is 1. The monoisotopic (exact) mass is 333 g/mol. The molecule has 1 aromatic carbocycles. The largest absolute Gasteiger partial charge is 0.493 e. The van der Waals surface area contributed by atoms with Crippen LogP contribution in [0.15, 0.2) is 24.3 Å². The number of benzene rings is 1. The number of rotatable bonds is 5. The summed E-state index contributed by atoms with van der Waals surface area (Å²) in [6.07, 6.45) is 1.62. The fraction of sp³-hybridized carbons (Fsp3) is 0.438. The normalized spacial score (nSPS) is 20.4. The number of hydrogen-bond acceptors (Lipinski definition) is 6. The highest BCUT2D eigenvalue weighted by Crippen LogP contribution is 2.34. The number of carbonyl (C=O) groups excluding carboxylic acids is 1. The van der Waals surface area contributed by atoms with Crippen LogP contribution in [0.2, 0.25) is 0 Å². The standard InChI is InChI=1S/C16H19N3O3S/c1-3-21-12-8-5-4-7-11(12)13-18-19-15(23-13)17-14(20)16(2)9-6-10-22-16/h4-5,7-8H,3,6,9-10H2,1-2H3,(H,17,19,20)/t16-/m1/s1. The molecule has 2 aromatic rings. The Morgan fingerprint density at radius 2 is 2.26 bits per heavy atom. The lowest BCUT2D eigenvalue weighted by atomic mass is 10.0. The average molecular weight is 333 g/mol. The fourth-order valence-corrected chi connectivity index (χ4v) is 3.26. The molecule has 1 fully saturated rings. The second-order valence-electron chi connectivity index (χ2n) is 5.48. The second kappa shape index (κ2) is 6.64. The predicted molar refractivity (Wildman–Crippen MR) is 88.7 cm³/mol. The second-order valence-corrected chi connectivity index (χ2v) is 6.46. The van der Waals surface area contributed by atoms with Crippen molar-refractivity contribution < 1.29 is 14.3 Å². The third-order valence-electron chi connectivity index (χ3n) is 3.76. The molecule has 1 atom stereocenters. The van der Waals surface area contributed by atoms with Gasteiger partial charge in [0.25, 0.3) is 5.91 Å². The number of amides is 1. The van der Waals surface area contributed by atoms with E-state index in [1.54, 1.807) is 0 Å². The van der Waals surface area contributed by atoms with Gasteiger partial charge >= 0.3 is 0 Å². The molecular weight excluding hydrogens is 314 g/mol. The molecule has 0 unspecified atom stereocenters.